The van der Waals surface area contributed by atoms with E-state index in [1.807, 2.05) is 4.90 Å². The Kier molecular flexibility index (Phi) is 8.96. The summed E-state index contributed by atoms with van der Waals surface area (Å²) in [5.74, 6) is 1.11. The van der Waals surface area contributed by atoms with E-state index in [1.165, 1.54) is 5.56 Å². The fourth-order valence-corrected chi connectivity index (χ4v) is 4.98. The van der Waals surface area contributed by atoms with Crippen molar-refractivity contribution in [2.24, 2.45) is 4.99 Å². The van der Waals surface area contributed by atoms with Crippen LogP contribution in [0, 0.1) is 0 Å². The summed E-state index contributed by atoms with van der Waals surface area (Å²) >= 11 is 1.74. The molecule has 2 aliphatic rings. The number of piperazine rings is 1. The van der Waals surface area contributed by atoms with Gasteiger partial charge in [0.25, 0.3) is 5.91 Å². The summed E-state index contributed by atoms with van der Waals surface area (Å²) in [6.45, 7) is 13.9. The van der Waals surface area contributed by atoms with Crippen LogP contribution < -0.4 is 5.32 Å². The van der Waals surface area contributed by atoms with E-state index in [2.05, 4.69) is 52.7 Å². The largest absolute Gasteiger partial charge is 0.368 e. The van der Waals surface area contributed by atoms with E-state index in [0.29, 0.717) is 12.6 Å². The van der Waals surface area contributed by atoms with Crippen LogP contribution in [0.15, 0.2) is 21.8 Å². The number of likely N-dealkylation sites (N-methyl/N-ethyl adjacent to an activating group) is 1. The van der Waals surface area contributed by atoms with Crippen LogP contribution >= 0.6 is 11.3 Å². The van der Waals surface area contributed by atoms with Crippen LogP contribution in [0.25, 0.3) is 0 Å². The first-order valence-corrected chi connectivity index (χ1v) is 12.3. The van der Waals surface area contributed by atoms with Gasteiger partial charge >= 0.3 is 0 Å². The summed E-state index contributed by atoms with van der Waals surface area (Å²) in [5.41, 5.74) is 1.34. The number of nitrogens with one attached hydrogen (secondary N) is 1. The van der Waals surface area contributed by atoms with E-state index in [-0.39, 0.29) is 12.0 Å². The number of amides is 1. The van der Waals surface area contributed by atoms with Gasteiger partial charge in [-0.25, -0.2) is 0 Å². The molecule has 2 saturated heterocycles. The zero-order valence-electron chi connectivity index (χ0n) is 18.7. The van der Waals surface area contributed by atoms with Crippen LogP contribution in [-0.4, -0.2) is 91.6 Å². The average molecular weight is 436 g/mol. The maximum absolute atomic E-state index is 12.6. The maximum Gasteiger partial charge on any atom is 0.251 e. The molecular weight excluding hydrogens is 398 g/mol. The normalized spacial score (nSPS) is 21.3. The van der Waals surface area contributed by atoms with E-state index >= 15 is 0 Å². The summed E-state index contributed by atoms with van der Waals surface area (Å²) in [6, 6.07) is 2.51. The van der Waals surface area contributed by atoms with Crippen molar-refractivity contribution in [3.05, 3.63) is 22.4 Å². The Bertz CT molecular complexity index is 663. The van der Waals surface area contributed by atoms with Crippen molar-refractivity contribution in [1.29, 1.82) is 0 Å². The smallest absolute Gasteiger partial charge is 0.251 e. The Balaban J connectivity index is 1.63. The molecule has 30 heavy (non-hydrogen) atoms. The highest BCUT2D eigenvalue weighted by Gasteiger charge is 2.31. The van der Waals surface area contributed by atoms with Gasteiger partial charge in [-0.2, -0.15) is 11.3 Å². The second-order valence-electron chi connectivity index (χ2n) is 7.80. The molecule has 0 saturated carbocycles. The van der Waals surface area contributed by atoms with Crippen LogP contribution in [0.5, 0.6) is 0 Å². The molecular formula is C22H37N5O2S. The third-order valence-electron chi connectivity index (χ3n) is 6.03. The molecule has 3 rings (SSSR count). The highest BCUT2D eigenvalue weighted by atomic mass is 32.1. The monoisotopic (exact) mass is 435 g/mol. The number of guanidine groups is 1. The minimum absolute atomic E-state index is 0.160. The van der Waals surface area contributed by atoms with Gasteiger partial charge in [-0.1, -0.05) is 13.8 Å². The van der Waals surface area contributed by atoms with Gasteiger partial charge in [0, 0.05) is 39.3 Å². The van der Waals surface area contributed by atoms with E-state index in [9.17, 15) is 4.79 Å². The third kappa shape index (κ3) is 5.74. The number of hydrogen-bond donors (Lipinski definition) is 1. The fourth-order valence-electron chi connectivity index (χ4n) is 4.27. The van der Waals surface area contributed by atoms with Crippen molar-refractivity contribution < 1.29 is 9.53 Å². The molecule has 2 unspecified atom stereocenters. The predicted molar refractivity (Wildman–Crippen MR) is 123 cm³/mol. The molecule has 2 aliphatic heterocycles. The number of nitrogens with zero attached hydrogens (tertiary/aromatic N) is 4. The molecule has 1 N–H and O–H groups in total. The number of aliphatic imine (C=N–C) groups is 1. The van der Waals surface area contributed by atoms with Gasteiger partial charge in [0.1, 0.15) is 6.10 Å². The Hall–Kier alpha value is -1.64. The van der Waals surface area contributed by atoms with Gasteiger partial charge in [0.05, 0.1) is 12.6 Å². The van der Waals surface area contributed by atoms with Gasteiger partial charge in [-0.05, 0) is 55.2 Å². The summed E-state index contributed by atoms with van der Waals surface area (Å²) < 4.78 is 5.58. The van der Waals surface area contributed by atoms with Gasteiger partial charge < -0.3 is 19.9 Å². The van der Waals surface area contributed by atoms with Crippen LogP contribution in [0.4, 0.5) is 0 Å². The number of carbonyl (C=O) groups excluding carboxylic acids is 1. The van der Waals surface area contributed by atoms with Crippen molar-refractivity contribution in [1.82, 2.24) is 20.0 Å². The molecule has 1 aromatic heterocycles. The molecule has 0 aliphatic carbocycles. The Labute approximate surface area is 185 Å². The summed E-state index contributed by atoms with van der Waals surface area (Å²) in [5, 5.41) is 7.84. The Morgan fingerprint density at radius 3 is 2.57 bits per heavy atom. The van der Waals surface area contributed by atoms with Crippen LogP contribution in [0.2, 0.25) is 0 Å². The highest BCUT2D eigenvalue weighted by molar-refractivity contribution is 7.07. The van der Waals surface area contributed by atoms with Crippen LogP contribution in [0.1, 0.15) is 45.2 Å². The summed E-state index contributed by atoms with van der Waals surface area (Å²) in [4.78, 5) is 24.4. The highest BCUT2D eigenvalue weighted by Crippen LogP contribution is 2.23. The first kappa shape index (κ1) is 23.0. The molecule has 0 bridgehead atoms. The quantitative estimate of drug-likeness (QED) is 0.502. The molecule has 2 atom stereocenters. The predicted octanol–water partition coefficient (Wildman–Crippen LogP) is 2.42. The number of hydrogen-bond acceptors (Lipinski definition) is 5. The maximum atomic E-state index is 12.6. The lowest BCUT2D eigenvalue weighted by Gasteiger charge is -2.37. The van der Waals surface area contributed by atoms with E-state index in [1.54, 1.807) is 11.3 Å². The second-order valence-corrected chi connectivity index (χ2v) is 8.58. The zero-order chi connectivity index (χ0) is 21.3. The van der Waals surface area contributed by atoms with Gasteiger partial charge in [0.2, 0.25) is 0 Å². The molecule has 7 nitrogen and oxygen atoms in total. The SMILES string of the molecule is CCNC(=NCC(c1ccsc1)N(CC)CC)N1CCN(C(=O)C2CCCO2)CC1. The van der Waals surface area contributed by atoms with Crippen molar-refractivity contribution in [3.63, 3.8) is 0 Å². The van der Waals surface area contributed by atoms with Crippen LogP contribution in [0.3, 0.4) is 0 Å². The number of rotatable bonds is 8. The van der Waals surface area contributed by atoms with Crippen molar-refractivity contribution >= 4 is 23.2 Å². The molecule has 1 aromatic rings. The third-order valence-corrected chi connectivity index (χ3v) is 6.73. The minimum Gasteiger partial charge on any atom is -0.368 e. The van der Waals surface area contributed by atoms with Gasteiger partial charge in [0.15, 0.2) is 5.96 Å². The molecule has 0 aromatic carbocycles. The Morgan fingerprint density at radius 1 is 1.27 bits per heavy atom. The van der Waals surface area contributed by atoms with Crippen molar-refractivity contribution in [2.45, 2.75) is 45.8 Å². The minimum atomic E-state index is -0.223. The Morgan fingerprint density at radius 2 is 2.00 bits per heavy atom. The lowest BCUT2D eigenvalue weighted by molar-refractivity contribution is -0.142. The molecule has 3 heterocycles. The van der Waals surface area contributed by atoms with Gasteiger partial charge in [-0.3, -0.25) is 14.7 Å². The fraction of sp³-hybridized carbons (Fsp3) is 0.727. The number of carbonyl (C=O) groups is 1. The van der Waals surface area contributed by atoms with Crippen LogP contribution in [-0.2, 0) is 9.53 Å². The van der Waals surface area contributed by atoms with E-state index < -0.39 is 0 Å². The second kappa shape index (κ2) is 11.7. The lowest BCUT2D eigenvalue weighted by Crippen LogP contribution is -2.55. The molecule has 8 heteroatoms. The molecule has 1 amide bonds. The van der Waals surface area contributed by atoms with Gasteiger partial charge in [-0.15, -0.1) is 0 Å². The van der Waals surface area contributed by atoms with Crippen molar-refractivity contribution in [2.75, 3.05) is 59.0 Å². The van der Waals surface area contributed by atoms with Crippen molar-refractivity contribution in [3.8, 4) is 0 Å². The van der Waals surface area contributed by atoms with E-state index in [0.717, 1.165) is 71.2 Å². The zero-order valence-corrected chi connectivity index (χ0v) is 19.5. The summed E-state index contributed by atoms with van der Waals surface area (Å²) in [7, 11) is 0. The number of thiophene rings is 1. The standard InChI is InChI=1S/C22H37N5O2S/c1-4-23-22(24-16-19(25(5-2)6-3)18-9-15-30-17-18)27-12-10-26(11-13-27)21(28)20-8-7-14-29-20/h9,15,17,19-20H,4-8,10-14,16H2,1-3H3,(H,23,24). The molecule has 0 spiro atoms. The first-order valence-electron chi connectivity index (χ1n) is 11.4. The first-order chi connectivity index (χ1) is 14.7. The molecule has 168 valence electrons. The number of ether oxygens (including phenoxy) is 1. The van der Waals surface area contributed by atoms with E-state index in [4.69, 9.17) is 9.73 Å². The molecule has 0 radical (unpaired) electrons. The topological polar surface area (TPSA) is 60.4 Å². The lowest BCUT2D eigenvalue weighted by atomic mass is 10.1. The summed E-state index contributed by atoms with van der Waals surface area (Å²) in [6.07, 6.45) is 1.63. The average Bonchev–Trinajstić information content (AvgIpc) is 3.50. The molecule has 2 fully saturated rings.